The van der Waals surface area contributed by atoms with Gasteiger partial charge in [-0.25, -0.2) is 4.99 Å². The molecule has 0 bridgehead atoms. The zero-order valence-corrected chi connectivity index (χ0v) is 12.7. The number of aliphatic imine (C=N–C) groups is 1. The van der Waals surface area contributed by atoms with Crippen molar-refractivity contribution >= 4 is 66.4 Å². The summed E-state index contributed by atoms with van der Waals surface area (Å²) in [4.78, 5) is 17.0. The van der Waals surface area contributed by atoms with E-state index in [1.54, 1.807) is 17.4 Å². The smallest absolute Gasteiger partial charge is 0.244 e. The summed E-state index contributed by atoms with van der Waals surface area (Å²) in [5.41, 5.74) is 0.524. The van der Waals surface area contributed by atoms with Gasteiger partial charge in [0.2, 0.25) is 5.12 Å². The van der Waals surface area contributed by atoms with Crippen molar-refractivity contribution in [2.75, 3.05) is 5.75 Å². The third-order valence-corrected chi connectivity index (χ3v) is 5.37. The van der Waals surface area contributed by atoms with Crippen LogP contribution in [0.1, 0.15) is 4.88 Å². The Morgan fingerprint density at radius 2 is 2.35 bits per heavy atom. The second-order valence-corrected chi connectivity index (χ2v) is 7.76. The third kappa shape index (κ3) is 3.58. The highest BCUT2D eigenvalue weighted by Gasteiger charge is 2.22. The maximum Gasteiger partial charge on any atom is 0.244 e. The predicted octanol–water partition coefficient (Wildman–Crippen LogP) is 4.40. The molecule has 2 heterocycles. The van der Waals surface area contributed by atoms with Crippen LogP contribution in [-0.4, -0.2) is 15.2 Å². The Kier molecular flexibility index (Phi) is 4.67. The van der Waals surface area contributed by atoms with E-state index < -0.39 is 0 Å². The molecule has 0 saturated carbocycles. The molecule has 0 fully saturated rings. The molecule has 6 heteroatoms. The van der Waals surface area contributed by atoms with Crippen molar-refractivity contribution in [1.82, 2.24) is 0 Å². The van der Waals surface area contributed by atoms with Gasteiger partial charge in [-0.15, -0.1) is 17.9 Å². The van der Waals surface area contributed by atoms with Gasteiger partial charge in [-0.3, -0.25) is 4.79 Å². The molecule has 0 aliphatic carbocycles. The summed E-state index contributed by atoms with van der Waals surface area (Å²) in [6.45, 7) is 3.64. The normalized spacial score (nSPS) is 17.6. The minimum atomic E-state index is 0.0149. The van der Waals surface area contributed by atoms with E-state index in [1.807, 2.05) is 18.2 Å². The van der Waals surface area contributed by atoms with E-state index in [9.17, 15) is 4.79 Å². The SMILES string of the molecule is C=CCSC1=N/C(=C/c2ccc(Br)s2)C(=O)S1. The Balaban J connectivity index is 2.15. The molecule has 0 amide bonds. The summed E-state index contributed by atoms with van der Waals surface area (Å²) < 4.78 is 1.85. The topological polar surface area (TPSA) is 29.4 Å². The molecule has 0 spiro atoms. The molecule has 2 rings (SSSR count). The van der Waals surface area contributed by atoms with Gasteiger partial charge < -0.3 is 0 Å². The first-order valence-corrected chi connectivity index (χ1v) is 8.12. The van der Waals surface area contributed by atoms with Crippen molar-refractivity contribution in [2.45, 2.75) is 0 Å². The molecule has 88 valence electrons. The Bertz CT molecular complexity index is 519. The first kappa shape index (κ1) is 13.1. The summed E-state index contributed by atoms with van der Waals surface area (Å²) in [6, 6.07) is 3.92. The summed E-state index contributed by atoms with van der Waals surface area (Å²) in [5, 5.41) is 0.0149. The lowest BCUT2D eigenvalue weighted by atomic mass is 10.4. The molecule has 0 radical (unpaired) electrons. The monoisotopic (exact) mass is 345 g/mol. The number of thioether (sulfide) groups is 2. The lowest BCUT2D eigenvalue weighted by molar-refractivity contribution is -0.107. The Labute approximate surface area is 120 Å². The van der Waals surface area contributed by atoms with Crippen molar-refractivity contribution in [3.63, 3.8) is 0 Å². The van der Waals surface area contributed by atoms with Crippen molar-refractivity contribution in [1.29, 1.82) is 0 Å². The first-order valence-electron chi connectivity index (χ1n) is 4.70. The van der Waals surface area contributed by atoms with Crippen molar-refractivity contribution in [3.05, 3.63) is 39.1 Å². The third-order valence-electron chi connectivity index (χ3n) is 1.80. The predicted molar refractivity (Wildman–Crippen MR) is 82.7 cm³/mol. The van der Waals surface area contributed by atoms with Gasteiger partial charge in [0, 0.05) is 10.6 Å². The number of halogens is 1. The number of nitrogens with zero attached hydrogens (tertiary/aromatic N) is 1. The number of hydrogen-bond donors (Lipinski definition) is 0. The van der Waals surface area contributed by atoms with E-state index >= 15 is 0 Å². The molecule has 1 aromatic heterocycles. The number of rotatable bonds is 3. The Morgan fingerprint density at radius 1 is 1.53 bits per heavy atom. The molecule has 17 heavy (non-hydrogen) atoms. The van der Waals surface area contributed by atoms with Crippen LogP contribution in [0.5, 0.6) is 0 Å². The Hall–Kier alpha value is -0.300. The quantitative estimate of drug-likeness (QED) is 0.600. The molecule has 0 aromatic carbocycles. The fraction of sp³-hybridized carbons (Fsp3) is 0.0909. The fourth-order valence-corrected chi connectivity index (χ4v) is 4.08. The molecule has 2 nitrogen and oxygen atoms in total. The van der Waals surface area contributed by atoms with Crippen LogP contribution in [0.15, 0.2) is 39.3 Å². The highest BCUT2D eigenvalue weighted by atomic mass is 79.9. The minimum Gasteiger partial charge on any atom is -0.279 e. The minimum absolute atomic E-state index is 0.0149. The van der Waals surface area contributed by atoms with Crippen LogP contribution in [-0.2, 0) is 4.79 Å². The number of thiophene rings is 1. The molecular weight excluding hydrogens is 338 g/mol. The maximum atomic E-state index is 11.7. The van der Waals surface area contributed by atoms with Crippen LogP contribution in [0.2, 0.25) is 0 Å². The van der Waals surface area contributed by atoms with Gasteiger partial charge in [0.25, 0.3) is 0 Å². The first-order chi connectivity index (χ1) is 8.19. The van der Waals surface area contributed by atoms with E-state index in [-0.39, 0.29) is 5.12 Å². The Morgan fingerprint density at radius 3 is 3.00 bits per heavy atom. The average Bonchev–Trinajstić information content (AvgIpc) is 2.84. The van der Waals surface area contributed by atoms with Gasteiger partial charge in [0.1, 0.15) is 10.1 Å². The lowest BCUT2D eigenvalue weighted by Gasteiger charge is -1.90. The standard InChI is InChI=1S/C11H8BrNOS3/c1-2-5-15-11-13-8(10(14)17-11)6-7-3-4-9(12)16-7/h2-4,6H,1,5H2/b8-6+. The highest BCUT2D eigenvalue weighted by molar-refractivity contribution is 9.11. The summed E-state index contributed by atoms with van der Waals surface area (Å²) in [7, 11) is 0. The molecule has 1 aliphatic heterocycles. The van der Waals surface area contributed by atoms with Gasteiger partial charge >= 0.3 is 0 Å². The van der Waals surface area contributed by atoms with E-state index in [2.05, 4.69) is 27.5 Å². The molecule has 1 aliphatic rings. The van der Waals surface area contributed by atoms with Crippen LogP contribution < -0.4 is 0 Å². The summed E-state index contributed by atoms with van der Waals surface area (Å²) >= 11 is 7.70. The zero-order valence-electron chi connectivity index (χ0n) is 8.68. The lowest BCUT2D eigenvalue weighted by Crippen LogP contribution is -1.87. The second-order valence-electron chi connectivity index (χ2n) is 3.04. The van der Waals surface area contributed by atoms with Crippen LogP contribution in [0, 0.1) is 0 Å². The molecule has 1 aromatic rings. The molecule has 0 unspecified atom stereocenters. The van der Waals surface area contributed by atoms with Crippen molar-refractivity contribution < 1.29 is 4.79 Å². The molecule has 0 N–H and O–H groups in total. The largest absolute Gasteiger partial charge is 0.279 e. The second kappa shape index (κ2) is 6.04. The van der Waals surface area contributed by atoms with Crippen LogP contribution in [0.25, 0.3) is 6.08 Å². The van der Waals surface area contributed by atoms with Gasteiger partial charge in [0.05, 0.1) is 3.79 Å². The number of carbonyl (C=O) groups is 1. The molecular formula is C11H8BrNOS3. The molecule has 0 saturated heterocycles. The summed E-state index contributed by atoms with van der Waals surface area (Å²) in [6.07, 6.45) is 3.63. The van der Waals surface area contributed by atoms with Crippen molar-refractivity contribution in [3.8, 4) is 0 Å². The van der Waals surface area contributed by atoms with Gasteiger partial charge in [-0.05, 0) is 45.9 Å². The molecule has 0 atom stereocenters. The van der Waals surface area contributed by atoms with Gasteiger partial charge in [-0.1, -0.05) is 17.8 Å². The van der Waals surface area contributed by atoms with Crippen molar-refractivity contribution in [2.24, 2.45) is 4.99 Å². The summed E-state index contributed by atoms with van der Waals surface area (Å²) in [5.74, 6) is 0.775. The van der Waals surface area contributed by atoms with E-state index in [0.29, 0.717) is 5.70 Å². The van der Waals surface area contributed by atoms with Crippen LogP contribution in [0.4, 0.5) is 0 Å². The van der Waals surface area contributed by atoms with Gasteiger partial charge in [0.15, 0.2) is 0 Å². The number of hydrogen-bond acceptors (Lipinski definition) is 5. The van der Waals surface area contributed by atoms with E-state index in [4.69, 9.17) is 0 Å². The average molecular weight is 346 g/mol. The van der Waals surface area contributed by atoms with E-state index in [1.165, 1.54) is 23.5 Å². The van der Waals surface area contributed by atoms with Gasteiger partial charge in [-0.2, -0.15) is 0 Å². The van der Waals surface area contributed by atoms with Crippen LogP contribution in [0.3, 0.4) is 0 Å². The highest BCUT2D eigenvalue weighted by Crippen LogP contribution is 2.32. The number of carbonyl (C=O) groups excluding carboxylic acids is 1. The van der Waals surface area contributed by atoms with E-state index in [0.717, 1.165) is 18.8 Å². The maximum absolute atomic E-state index is 11.7. The fourth-order valence-electron chi connectivity index (χ4n) is 1.12. The van der Waals surface area contributed by atoms with Crippen LogP contribution >= 0.6 is 50.8 Å². The zero-order chi connectivity index (χ0) is 12.3.